The first kappa shape index (κ1) is 14.4. The van der Waals surface area contributed by atoms with E-state index in [1.54, 1.807) is 11.8 Å². The van der Waals surface area contributed by atoms with E-state index in [9.17, 15) is 4.79 Å². The van der Waals surface area contributed by atoms with Crippen molar-refractivity contribution in [2.75, 3.05) is 24.7 Å². The molecule has 17 heavy (non-hydrogen) atoms. The molecule has 0 N–H and O–H groups in total. The van der Waals surface area contributed by atoms with Crippen LogP contribution in [0.2, 0.25) is 0 Å². The first-order chi connectivity index (χ1) is 8.33. The Morgan fingerprint density at radius 2 is 2.41 bits per heavy atom. The summed E-state index contributed by atoms with van der Waals surface area (Å²) in [7, 11) is 0. The van der Waals surface area contributed by atoms with E-state index in [2.05, 4.69) is 5.92 Å². The fourth-order valence-electron chi connectivity index (χ4n) is 1.73. The zero-order valence-corrected chi connectivity index (χ0v) is 11.0. The van der Waals surface area contributed by atoms with Crippen LogP contribution in [0.25, 0.3) is 0 Å². The Morgan fingerprint density at radius 3 is 3.12 bits per heavy atom. The van der Waals surface area contributed by atoms with Gasteiger partial charge in [0.2, 0.25) is 0 Å². The van der Waals surface area contributed by atoms with Gasteiger partial charge >= 0.3 is 5.97 Å². The lowest BCUT2D eigenvalue weighted by Crippen LogP contribution is -2.20. The Morgan fingerprint density at radius 1 is 1.53 bits per heavy atom. The van der Waals surface area contributed by atoms with Crippen molar-refractivity contribution in [1.29, 1.82) is 0 Å². The maximum atomic E-state index is 11.4. The van der Waals surface area contributed by atoms with E-state index in [4.69, 9.17) is 15.9 Å². The van der Waals surface area contributed by atoms with Gasteiger partial charge in [0.05, 0.1) is 11.9 Å². The van der Waals surface area contributed by atoms with Crippen LogP contribution < -0.4 is 0 Å². The summed E-state index contributed by atoms with van der Waals surface area (Å²) < 4.78 is 10.6. The van der Waals surface area contributed by atoms with Gasteiger partial charge in [-0.2, -0.15) is 0 Å². The molecule has 0 aromatic heterocycles. The second-order valence-electron chi connectivity index (χ2n) is 4.00. The highest BCUT2D eigenvalue weighted by Crippen LogP contribution is 2.17. The van der Waals surface area contributed by atoms with Gasteiger partial charge in [0.1, 0.15) is 6.61 Å². The van der Waals surface area contributed by atoms with Gasteiger partial charge in [-0.3, -0.25) is 4.79 Å². The summed E-state index contributed by atoms with van der Waals surface area (Å²) in [5, 5.41) is 0. The minimum Gasteiger partial charge on any atom is -0.465 e. The second kappa shape index (κ2) is 9.38. The van der Waals surface area contributed by atoms with Crippen molar-refractivity contribution in [2.24, 2.45) is 0 Å². The van der Waals surface area contributed by atoms with Crippen LogP contribution in [0.3, 0.4) is 0 Å². The van der Waals surface area contributed by atoms with Crippen LogP contribution in [-0.2, 0) is 14.3 Å². The van der Waals surface area contributed by atoms with Gasteiger partial charge in [-0.1, -0.05) is 5.92 Å². The van der Waals surface area contributed by atoms with E-state index in [0.717, 1.165) is 31.6 Å². The Labute approximate surface area is 108 Å². The summed E-state index contributed by atoms with van der Waals surface area (Å²) in [6, 6.07) is 0. The highest BCUT2D eigenvalue weighted by molar-refractivity contribution is 7.99. The molecule has 1 rings (SSSR count). The molecule has 1 saturated heterocycles. The molecule has 3 nitrogen and oxygen atoms in total. The molecule has 96 valence electrons. The Bertz CT molecular complexity index is 254. The number of rotatable bonds is 7. The van der Waals surface area contributed by atoms with E-state index in [1.807, 2.05) is 0 Å². The van der Waals surface area contributed by atoms with Gasteiger partial charge in [-0.15, -0.1) is 18.2 Å². The molecule has 1 fully saturated rings. The molecule has 0 amide bonds. The van der Waals surface area contributed by atoms with Crippen LogP contribution in [0.4, 0.5) is 0 Å². The van der Waals surface area contributed by atoms with Crippen molar-refractivity contribution in [1.82, 2.24) is 0 Å². The molecule has 0 unspecified atom stereocenters. The zero-order chi connectivity index (χ0) is 12.3. The van der Waals surface area contributed by atoms with Gasteiger partial charge in [-0.25, -0.2) is 0 Å². The largest absolute Gasteiger partial charge is 0.465 e. The van der Waals surface area contributed by atoms with Crippen molar-refractivity contribution < 1.29 is 14.3 Å². The first-order valence-corrected chi connectivity index (χ1v) is 7.27. The predicted octanol–water partition coefficient (Wildman–Crippen LogP) is 2.25. The van der Waals surface area contributed by atoms with Crippen LogP contribution in [-0.4, -0.2) is 36.8 Å². The lowest BCUT2D eigenvalue weighted by atomic mass is 10.1. The predicted molar refractivity (Wildman–Crippen MR) is 69.9 cm³/mol. The third-order valence-corrected chi connectivity index (χ3v) is 3.45. The summed E-state index contributed by atoms with van der Waals surface area (Å²) in [4.78, 5) is 11.4. The van der Waals surface area contributed by atoms with Crippen molar-refractivity contribution in [3.05, 3.63) is 0 Å². The molecule has 1 aliphatic rings. The van der Waals surface area contributed by atoms with Crippen LogP contribution in [0.1, 0.15) is 32.1 Å². The third-order valence-electron chi connectivity index (χ3n) is 2.62. The Kier molecular flexibility index (Phi) is 7.94. The highest BCUT2D eigenvalue weighted by Gasteiger charge is 2.15. The molecule has 0 aromatic rings. The number of hydrogen-bond acceptors (Lipinski definition) is 4. The Hall–Kier alpha value is -0.660. The van der Waals surface area contributed by atoms with Crippen LogP contribution in [0.15, 0.2) is 0 Å². The van der Waals surface area contributed by atoms with Gasteiger partial charge in [-0.05, 0) is 25.7 Å². The van der Waals surface area contributed by atoms with E-state index in [1.165, 1.54) is 6.42 Å². The normalized spacial score (nSPS) is 19.6. The average Bonchev–Trinajstić information content (AvgIpc) is 2.37. The van der Waals surface area contributed by atoms with Crippen LogP contribution in [0.5, 0.6) is 0 Å². The molecule has 1 atom stereocenters. The maximum Gasteiger partial charge on any atom is 0.305 e. The molecule has 4 heteroatoms. The van der Waals surface area contributed by atoms with Crippen LogP contribution in [0, 0.1) is 12.3 Å². The van der Waals surface area contributed by atoms with Crippen molar-refractivity contribution in [3.8, 4) is 12.3 Å². The zero-order valence-electron chi connectivity index (χ0n) is 10.2. The minimum atomic E-state index is -0.125. The quantitative estimate of drug-likeness (QED) is 0.397. The van der Waals surface area contributed by atoms with Crippen LogP contribution >= 0.6 is 11.8 Å². The fourth-order valence-corrected chi connectivity index (χ4v) is 2.19. The number of carbonyl (C=O) groups excluding carboxylic acids is 1. The summed E-state index contributed by atoms with van der Waals surface area (Å²) in [5.74, 6) is 3.85. The molecule has 1 heterocycles. The SMILES string of the molecule is C#CCSCCOC(=O)CC[C@H]1CCCCO1. The number of esters is 1. The number of thioether (sulfide) groups is 1. The molecular weight excluding hydrogens is 236 g/mol. The standard InChI is InChI=1S/C13H20O3S/c1-2-10-17-11-9-16-13(14)7-6-12-5-3-4-8-15-12/h1,12H,3-11H2/t12-/m1/s1. The smallest absolute Gasteiger partial charge is 0.305 e. The molecule has 0 aromatic carbocycles. The summed E-state index contributed by atoms with van der Waals surface area (Å²) in [5.41, 5.74) is 0. The van der Waals surface area contributed by atoms with Crippen molar-refractivity contribution in [3.63, 3.8) is 0 Å². The molecule has 0 saturated carbocycles. The van der Waals surface area contributed by atoms with E-state index in [-0.39, 0.29) is 12.1 Å². The third kappa shape index (κ3) is 7.30. The topological polar surface area (TPSA) is 35.5 Å². The van der Waals surface area contributed by atoms with Gasteiger partial charge in [0.15, 0.2) is 0 Å². The van der Waals surface area contributed by atoms with Gasteiger partial charge in [0.25, 0.3) is 0 Å². The number of terminal acetylenes is 1. The number of ether oxygens (including phenoxy) is 2. The molecule has 0 radical (unpaired) electrons. The lowest BCUT2D eigenvalue weighted by Gasteiger charge is -2.21. The van der Waals surface area contributed by atoms with Gasteiger partial charge < -0.3 is 9.47 Å². The second-order valence-corrected chi connectivity index (χ2v) is 5.11. The molecule has 0 aliphatic carbocycles. The molecular formula is C13H20O3S. The Balaban J connectivity index is 1.95. The molecule has 0 spiro atoms. The van der Waals surface area contributed by atoms with E-state index < -0.39 is 0 Å². The highest BCUT2D eigenvalue weighted by atomic mass is 32.2. The number of carbonyl (C=O) groups is 1. The molecule has 0 bridgehead atoms. The average molecular weight is 256 g/mol. The summed E-state index contributed by atoms with van der Waals surface area (Å²) in [6.07, 6.45) is 10.0. The summed E-state index contributed by atoms with van der Waals surface area (Å²) >= 11 is 1.60. The summed E-state index contributed by atoms with van der Waals surface area (Å²) in [6.45, 7) is 1.29. The monoisotopic (exact) mass is 256 g/mol. The van der Waals surface area contributed by atoms with Gasteiger partial charge in [0, 0.05) is 18.8 Å². The fraction of sp³-hybridized carbons (Fsp3) is 0.769. The maximum absolute atomic E-state index is 11.4. The minimum absolute atomic E-state index is 0.125. The van der Waals surface area contributed by atoms with E-state index in [0.29, 0.717) is 18.8 Å². The first-order valence-electron chi connectivity index (χ1n) is 6.11. The lowest BCUT2D eigenvalue weighted by molar-refractivity contribution is -0.144. The van der Waals surface area contributed by atoms with Crippen molar-refractivity contribution in [2.45, 2.75) is 38.2 Å². The van der Waals surface area contributed by atoms with E-state index >= 15 is 0 Å². The van der Waals surface area contributed by atoms with Crippen molar-refractivity contribution >= 4 is 17.7 Å². The number of hydrogen-bond donors (Lipinski definition) is 0. The molecule has 1 aliphatic heterocycles.